The fourth-order valence-electron chi connectivity index (χ4n) is 0.408. The van der Waals surface area contributed by atoms with Crippen molar-refractivity contribution in [2.24, 2.45) is 11.5 Å². The van der Waals surface area contributed by atoms with E-state index >= 15 is 0 Å². The maximum atomic E-state index is 9.47. The van der Waals surface area contributed by atoms with Gasteiger partial charge in [-0.15, -0.1) is 0 Å². The molecular weight excluding hydrogens is 154 g/mol. The minimum atomic E-state index is -0.481. The highest BCUT2D eigenvalue weighted by atomic mass is 16.1. The third kappa shape index (κ3) is 22.9. The third-order valence-electron chi connectivity index (χ3n) is 1.01. The van der Waals surface area contributed by atoms with Crippen LogP contribution in [0.1, 0.15) is 6.42 Å². The summed E-state index contributed by atoms with van der Waals surface area (Å²) in [5, 5.41) is 0. The third-order valence-corrected chi connectivity index (χ3v) is 1.01. The second-order valence-electron chi connectivity index (χ2n) is 2.55. The van der Waals surface area contributed by atoms with Gasteiger partial charge in [-0.2, -0.15) is 0 Å². The smallest absolute Gasteiger partial charge is 0.240 e. The second kappa shape index (κ2) is 10.1. The van der Waals surface area contributed by atoms with Gasteiger partial charge in [0.1, 0.15) is 0 Å². The Balaban J connectivity index is 0. The normalized spacial score (nSPS) is 8.67. The molecule has 4 heteroatoms. The van der Waals surface area contributed by atoms with Crippen LogP contribution in [-0.4, -0.2) is 38.0 Å². The van der Waals surface area contributed by atoms with Crippen molar-refractivity contribution in [1.29, 1.82) is 0 Å². The monoisotopic (exact) mass is 173 g/mol. The summed E-state index contributed by atoms with van der Waals surface area (Å²) in [7, 11) is 4.10. The van der Waals surface area contributed by atoms with Crippen molar-refractivity contribution >= 4 is 5.91 Å². The van der Waals surface area contributed by atoms with E-state index in [1.54, 1.807) is 0 Å². The first kappa shape index (κ1) is 13.7. The second-order valence-corrected chi connectivity index (χ2v) is 2.55. The number of primary amides is 1. The fraction of sp³-hybridized carbons (Fsp3) is 0.625. The van der Waals surface area contributed by atoms with Crippen LogP contribution in [0, 0.1) is 0 Å². The standard InChI is InChI=1S/C5H14N2.C3H5NO/c1-7(2)5-3-4-6;1-2-3(4)5/h3-6H2,1-2H3;2H,1H2,(H2,4,5). The van der Waals surface area contributed by atoms with Crippen molar-refractivity contribution < 1.29 is 4.79 Å². The van der Waals surface area contributed by atoms with Crippen LogP contribution < -0.4 is 11.5 Å². The summed E-state index contributed by atoms with van der Waals surface area (Å²) in [4.78, 5) is 11.6. The molecule has 72 valence electrons. The molecule has 0 atom stereocenters. The summed E-state index contributed by atoms with van der Waals surface area (Å²) < 4.78 is 0. The molecular formula is C8H19N3O. The van der Waals surface area contributed by atoms with E-state index < -0.39 is 5.91 Å². The Morgan fingerprint density at radius 1 is 1.58 bits per heavy atom. The van der Waals surface area contributed by atoms with Crippen molar-refractivity contribution in [3.8, 4) is 0 Å². The summed E-state index contributed by atoms with van der Waals surface area (Å²) in [6.07, 6.45) is 2.16. The first-order valence-electron chi connectivity index (χ1n) is 3.81. The van der Waals surface area contributed by atoms with Crippen LogP contribution in [0.25, 0.3) is 0 Å². The largest absolute Gasteiger partial charge is 0.366 e. The molecule has 4 N–H and O–H groups in total. The van der Waals surface area contributed by atoms with Crippen LogP contribution in [0.3, 0.4) is 0 Å². The lowest BCUT2D eigenvalue weighted by atomic mass is 10.4. The van der Waals surface area contributed by atoms with Gasteiger partial charge < -0.3 is 16.4 Å². The highest BCUT2D eigenvalue weighted by Gasteiger charge is 1.83. The Bertz CT molecular complexity index is 123. The number of nitrogens with two attached hydrogens (primary N) is 2. The number of carbonyl (C=O) groups is 1. The summed E-state index contributed by atoms with van der Waals surface area (Å²) in [5.74, 6) is -0.481. The van der Waals surface area contributed by atoms with E-state index in [2.05, 4.69) is 31.3 Å². The number of amides is 1. The maximum absolute atomic E-state index is 9.47. The van der Waals surface area contributed by atoms with E-state index in [1.165, 1.54) is 0 Å². The molecule has 12 heavy (non-hydrogen) atoms. The van der Waals surface area contributed by atoms with Gasteiger partial charge in [0.15, 0.2) is 0 Å². The SMILES string of the molecule is C=CC(N)=O.CN(C)CCCN. The number of hydrogen-bond donors (Lipinski definition) is 2. The maximum Gasteiger partial charge on any atom is 0.240 e. The molecule has 0 aromatic heterocycles. The van der Waals surface area contributed by atoms with Gasteiger partial charge in [0.2, 0.25) is 5.91 Å². The quantitative estimate of drug-likeness (QED) is 0.566. The Morgan fingerprint density at radius 3 is 2.08 bits per heavy atom. The summed E-state index contributed by atoms with van der Waals surface area (Å²) in [5.41, 5.74) is 9.78. The highest BCUT2D eigenvalue weighted by Crippen LogP contribution is 1.76. The summed E-state index contributed by atoms with van der Waals surface area (Å²) in [6.45, 7) is 5.00. The van der Waals surface area contributed by atoms with E-state index in [9.17, 15) is 4.79 Å². The molecule has 0 rings (SSSR count). The lowest BCUT2D eigenvalue weighted by molar-refractivity contribution is -0.113. The molecule has 4 nitrogen and oxygen atoms in total. The van der Waals surface area contributed by atoms with Gasteiger partial charge in [0, 0.05) is 0 Å². The molecule has 0 saturated heterocycles. The molecule has 0 aromatic rings. The Hall–Kier alpha value is -0.870. The van der Waals surface area contributed by atoms with Crippen LogP contribution in [-0.2, 0) is 4.79 Å². The predicted molar refractivity (Wildman–Crippen MR) is 51.6 cm³/mol. The molecule has 0 saturated carbocycles. The Kier molecular flexibility index (Phi) is 11.6. The molecule has 0 aromatic carbocycles. The van der Waals surface area contributed by atoms with Crippen molar-refractivity contribution in [2.75, 3.05) is 27.2 Å². The molecule has 0 radical (unpaired) electrons. The van der Waals surface area contributed by atoms with Crippen LogP contribution in [0.5, 0.6) is 0 Å². The van der Waals surface area contributed by atoms with Gasteiger partial charge in [-0.05, 0) is 39.7 Å². The molecule has 1 amide bonds. The summed E-state index contributed by atoms with van der Waals surface area (Å²) >= 11 is 0. The predicted octanol–water partition coefficient (Wildman–Crippen LogP) is -0.445. The van der Waals surface area contributed by atoms with E-state index in [-0.39, 0.29) is 0 Å². The van der Waals surface area contributed by atoms with Crippen LogP contribution in [0.2, 0.25) is 0 Å². The average Bonchev–Trinajstić information content (AvgIpc) is 2.02. The Labute approximate surface area is 74.2 Å². The lowest BCUT2D eigenvalue weighted by Crippen LogP contribution is -2.16. The fourth-order valence-corrected chi connectivity index (χ4v) is 0.408. The number of hydrogen-bond acceptors (Lipinski definition) is 3. The van der Waals surface area contributed by atoms with E-state index in [0.717, 1.165) is 25.6 Å². The van der Waals surface area contributed by atoms with E-state index in [1.807, 2.05) is 0 Å². The molecule has 0 unspecified atom stereocenters. The van der Waals surface area contributed by atoms with Gasteiger partial charge in [0.25, 0.3) is 0 Å². The first-order valence-corrected chi connectivity index (χ1v) is 3.81. The summed E-state index contributed by atoms with van der Waals surface area (Å²) in [6, 6.07) is 0. The highest BCUT2D eigenvalue weighted by molar-refractivity contribution is 5.84. The number of nitrogens with zero attached hydrogens (tertiary/aromatic N) is 1. The van der Waals surface area contributed by atoms with Crippen LogP contribution in [0.4, 0.5) is 0 Å². The first-order chi connectivity index (χ1) is 5.54. The topological polar surface area (TPSA) is 72.4 Å². The molecule has 0 bridgehead atoms. The Morgan fingerprint density at radius 2 is 2.00 bits per heavy atom. The van der Waals surface area contributed by atoms with Crippen molar-refractivity contribution in [2.45, 2.75) is 6.42 Å². The minimum absolute atomic E-state index is 0.481. The lowest BCUT2D eigenvalue weighted by Gasteiger charge is -2.05. The van der Waals surface area contributed by atoms with Gasteiger partial charge >= 0.3 is 0 Å². The van der Waals surface area contributed by atoms with Crippen molar-refractivity contribution in [3.63, 3.8) is 0 Å². The van der Waals surface area contributed by atoms with Crippen molar-refractivity contribution in [1.82, 2.24) is 4.90 Å². The van der Waals surface area contributed by atoms with Gasteiger partial charge in [0.05, 0.1) is 0 Å². The van der Waals surface area contributed by atoms with Gasteiger partial charge in [-0.1, -0.05) is 6.58 Å². The molecule has 0 heterocycles. The van der Waals surface area contributed by atoms with Crippen LogP contribution in [0.15, 0.2) is 12.7 Å². The van der Waals surface area contributed by atoms with Crippen LogP contribution >= 0.6 is 0 Å². The zero-order chi connectivity index (χ0) is 9.98. The van der Waals surface area contributed by atoms with Gasteiger partial charge in [-0.3, -0.25) is 4.79 Å². The zero-order valence-electron chi connectivity index (χ0n) is 7.92. The number of carbonyl (C=O) groups excluding carboxylic acids is 1. The molecule has 0 fully saturated rings. The van der Waals surface area contributed by atoms with E-state index in [0.29, 0.717) is 0 Å². The minimum Gasteiger partial charge on any atom is -0.366 e. The molecule has 0 aliphatic rings. The van der Waals surface area contributed by atoms with E-state index in [4.69, 9.17) is 5.73 Å². The molecule has 0 spiro atoms. The average molecular weight is 173 g/mol. The molecule has 0 aliphatic carbocycles. The molecule has 0 aliphatic heterocycles. The van der Waals surface area contributed by atoms with Crippen molar-refractivity contribution in [3.05, 3.63) is 12.7 Å². The van der Waals surface area contributed by atoms with Gasteiger partial charge in [-0.25, -0.2) is 0 Å². The number of rotatable bonds is 4. The zero-order valence-corrected chi connectivity index (χ0v) is 7.92.